The van der Waals surface area contributed by atoms with E-state index in [-0.39, 0.29) is 31.4 Å². The van der Waals surface area contributed by atoms with Gasteiger partial charge >= 0.3 is 12.3 Å². The zero-order chi connectivity index (χ0) is 23.4. The SMILES string of the molecule is O=C(COc1ccccc1)N[C@@H]1CO[C@@H]2[C@@H]1OC[C@H]2OC(=O)Nc1cccc(C(F)(F)F)c1. The molecule has 4 rings (SSSR count). The first-order valence-corrected chi connectivity index (χ1v) is 10.1. The highest BCUT2D eigenvalue weighted by Crippen LogP contribution is 2.31. The summed E-state index contributed by atoms with van der Waals surface area (Å²) in [6.07, 6.45) is -7.38. The van der Waals surface area contributed by atoms with E-state index in [1.54, 1.807) is 24.3 Å². The Morgan fingerprint density at radius 3 is 2.52 bits per heavy atom. The average Bonchev–Trinajstić information content (AvgIpc) is 3.36. The van der Waals surface area contributed by atoms with Crippen molar-refractivity contribution in [2.24, 2.45) is 0 Å². The Bertz CT molecular complexity index is 988. The molecule has 2 aromatic rings. The molecule has 4 atom stereocenters. The molecule has 0 saturated carbocycles. The fourth-order valence-corrected chi connectivity index (χ4v) is 3.66. The molecular formula is C22H21F3N2O6. The van der Waals surface area contributed by atoms with Gasteiger partial charge in [0.25, 0.3) is 5.91 Å². The van der Waals surface area contributed by atoms with Crippen LogP contribution in [-0.2, 0) is 25.2 Å². The maximum absolute atomic E-state index is 12.8. The number of amides is 2. The molecular weight excluding hydrogens is 445 g/mol. The monoisotopic (exact) mass is 466 g/mol. The highest BCUT2D eigenvalue weighted by atomic mass is 19.4. The van der Waals surface area contributed by atoms with Crippen LogP contribution in [0.5, 0.6) is 5.75 Å². The van der Waals surface area contributed by atoms with Crippen LogP contribution >= 0.6 is 0 Å². The van der Waals surface area contributed by atoms with E-state index >= 15 is 0 Å². The minimum absolute atomic E-state index is 0.0260. The quantitative estimate of drug-likeness (QED) is 0.680. The van der Waals surface area contributed by atoms with Gasteiger partial charge in [-0.3, -0.25) is 10.1 Å². The van der Waals surface area contributed by atoms with Gasteiger partial charge in [0.2, 0.25) is 0 Å². The van der Waals surface area contributed by atoms with E-state index in [1.807, 2.05) is 6.07 Å². The Kier molecular flexibility index (Phi) is 6.70. The van der Waals surface area contributed by atoms with Crippen LogP contribution < -0.4 is 15.4 Å². The summed E-state index contributed by atoms with van der Waals surface area (Å²) in [5.41, 5.74) is -0.945. The Morgan fingerprint density at radius 1 is 1.00 bits per heavy atom. The van der Waals surface area contributed by atoms with Crippen molar-refractivity contribution >= 4 is 17.7 Å². The van der Waals surface area contributed by atoms with Gasteiger partial charge in [0.15, 0.2) is 12.7 Å². The minimum Gasteiger partial charge on any atom is -0.484 e. The van der Waals surface area contributed by atoms with E-state index in [9.17, 15) is 22.8 Å². The Balaban J connectivity index is 1.26. The van der Waals surface area contributed by atoms with Gasteiger partial charge in [-0.25, -0.2) is 4.79 Å². The highest BCUT2D eigenvalue weighted by molar-refractivity contribution is 5.84. The summed E-state index contributed by atoms with van der Waals surface area (Å²) in [7, 11) is 0. The molecule has 2 aliphatic heterocycles. The molecule has 8 nitrogen and oxygen atoms in total. The molecule has 0 aromatic heterocycles. The van der Waals surface area contributed by atoms with Crippen molar-refractivity contribution < 1.29 is 41.7 Å². The number of anilines is 1. The summed E-state index contributed by atoms with van der Waals surface area (Å²) in [4.78, 5) is 24.4. The first-order chi connectivity index (χ1) is 15.8. The second kappa shape index (κ2) is 9.67. The average molecular weight is 466 g/mol. The van der Waals surface area contributed by atoms with Crippen molar-refractivity contribution in [1.29, 1.82) is 0 Å². The molecule has 0 unspecified atom stereocenters. The van der Waals surface area contributed by atoms with Crippen LogP contribution in [0.3, 0.4) is 0 Å². The second-order valence-corrected chi connectivity index (χ2v) is 7.52. The van der Waals surface area contributed by atoms with E-state index in [4.69, 9.17) is 18.9 Å². The van der Waals surface area contributed by atoms with Crippen molar-refractivity contribution in [3.05, 3.63) is 60.2 Å². The van der Waals surface area contributed by atoms with Gasteiger partial charge in [-0.05, 0) is 30.3 Å². The third-order valence-electron chi connectivity index (χ3n) is 5.16. The summed E-state index contributed by atoms with van der Waals surface area (Å²) in [5.74, 6) is 0.203. The second-order valence-electron chi connectivity index (χ2n) is 7.52. The molecule has 0 aliphatic carbocycles. The molecule has 33 heavy (non-hydrogen) atoms. The first kappa shape index (κ1) is 22.9. The van der Waals surface area contributed by atoms with Gasteiger partial charge in [0.1, 0.15) is 18.0 Å². The molecule has 11 heteroatoms. The molecule has 2 aliphatic rings. The maximum Gasteiger partial charge on any atom is 0.416 e. The lowest BCUT2D eigenvalue weighted by Crippen LogP contribution is -2.46. The van der Waals surface area contributed by atoms with Crippen LogP contribution in [0, 0.1) is 0 Å². The molecule has 0 spiro atoms. The molecule has 176 valence electrons. The van der Waals surface area contributed by atoms with Crippen LogP contribution in [-0.4, -0.2) is 56.2 Å². The number of fused-ring (bicyclic) bond motifs is 1. The van der Waals surface area contributed by atoms with Crippen LogP contribution in [0.15, 0.2) is 54.6 Å². The number of hydrogen-bond acceptors (Lipinski definition) is 6. The number of benzene rings is 2. The fourth-order valence-electron chi connectivity index (χ4n) is 3.66. The molecule has 2 aromatic carbocycles. The van der Waals surface area contributed by atoms with Crippen LogP contribution in [0.1, 0.15) is 5.56 Å². The number of carbonyl (C=O) groups is 2. The van der Waals surface area contributed by atoms with Crippen LogP contribution in [0.2, 0.25) is 0 Å². The van der Waals surface area contributed by atoms with Crippen molar-refractivity contribution in [1.82, 2.24) is 5.32 Å². The highest BCUT2D eigenvalue weighted by Gasteiger charge is 2.50. The van der Waals surface area contributed by atoms with E-state index in [2.05, 4.69) is 10.6 Å². The van der Waals surface area contributed by atoms with Crippen molar-refractivity contribution in [2.75, 3.05) is 25.1 Å². The topological polar surface area (TPSA) is 95.1 Å². The van der Waals surface area contributed by atoms with Gasteiger partial charge in [0.05, 0.1) is 24.8 Å². The van der Waals surface area contributed by atoms with Gasteiger partial charge < -0.3 is 24.3 Å². The summed E-state index contributed by atoms with van der Waals surface area (Å²) in [6, 6.07) is 12.6. The van der Waals surface area contributed by atoms with E-state index in [0.29, 0.717) is 5.75 Å². The van der Waals surface area contributed by atoms with Gasteiger partial charge in [0, 0.05) is 5.69 Å². The summed E-state index contributed by atoms with van der Waals surface area (Å²) in [5, 5.41) is 5.06. The zero-order valence-corrected chi connectivity index (χ0v) is 17.2. The van der Waals surface area contributed by atoms with Crippen molar-refractivity contribution in [3.8, 4) is 5.75 Å². The number of rotatable bonds is 6. The lowest BCUT2D eigenvalue weighted by Gasteiger charge is -2.18. The van der Waals surface area contributed by atoms with E-state index < -0.39 is 42.2 Å². The van der Waals surface area contributed by atoms with E-state index in [1.165, 1.54) is 12.1 Å². The number of halogens is 3. The van der Waals surface area contributed by atoms with Crippen molar-refractivity contribution in [3.63, 3.8) is 0 Å². The molecule has 0 bridgehead atoms. The van der Waals surface area contributed by atoms with Crippen LogP contribution in [0.25, 0.3) is 0 Å². The fraction of sp³-hybridized carbons (Fsp3) is 0.364. The van der Waals surface area contributed by atoms with Gasteiger partial charge in [-0.15, -0.1) is 0 Å². The van der Waals surface area contributed by atoms with Gasteiger partial charge in [-0.1, -0.05) is 24.3 Å². The summed E-state index contributed by atoms with van der Waals surface area (Å²) < 4.78 is 60.5. The zero-order valence-electron chi connectivity index (χ0n) is 17.2. The Hall–Kier alpha value is -3.31. The molecule has 2 heterocycles. The lowest BCUT2D eigenvalue weighted by atomic mass is 10.1. The number of carbonyl (C=O) groups excluding carboxylic acids is 2. The predicted octanol–water partition coefficient (Wildman–Crippen LogP) is 2.98. The minimum atomic E-state index is -4.53. The number of nitrogens with one attached hydrogen (secondary N) is 2. The number of alkyl halides is 3. The molecule has 2 saturated heterocycles. The molecule has 2 N–H and O–H groups in total. The normalized spacial score (nSPS) is 24.1. The largest absolute Gasteiger partial charge is 0.484 e. The maximum atomic E-state index is 12.8. The van der Waals surface area contributed by atoms with E-state index in [0.717, 1.165) is 12.1 Å². The number of para-hydroxylation sites is 1. The third kappa shape index (κ3) is 5.74. The number of hydrogen-bond donors (Lipinski definition) is 2. The smallest absolute Gasteiger partial charge is 0.416 e. The van der Waals surface area contributed by atoms with Gasteiger partial charge in [-0.2, -0.15) is 13.2 Å². The standard InChI is InChI=1S/C22H21F3N2O6/c23-22(24,25)13-5-4-6-14(9-13)26-21(29)33-17-11-32-19-16(10-31-20(17)19)27-18(28)12-30-15-7-2-1-3-8-15/h1-9,16-17,19-20H,10-12H2,(H,26,29)(H,27,28)/t16-,17-,19-,20+/m1/s1. The Labute approximate surface area is 186 Å². The van der Waals surface area contributed by atoms with Crippen molar-refractivity contribution in [2.45, 2.75) is 30.5 Å². The molecule has 0 radical (unpaired) electrons. The molecule has 2 fully saturated rings. The summed E-state index contributed by atoms with van der Waals surface area (Å²) >= 11 is 0. The lowest BCUT2D eigenvalue weighted by molar-refractivity contribution is -0.137. The molecule has 2 amide bonds. The summed E-state index contributed by atoms with van der Waals surface area (Å²) in [6.45, 7) is -0.00300. The third-order valence-corrected chi connectivity index (χ3v) is 5.16. The predicted molar refractivity (Wildman–Crippen MR) is 109 cm³/mol. The Morgan fingerprint density at radius 2 is 1.76 bits per heavy atom. The van der Waals surface area contributed by atoms with Crippen LogP contribution in [0.4, 0.5) is 23.7 Å². The first-order valence-electron chi connectivity index (χ1n) is 10.1. The number of ether oxygens (including phenoxy) is 4.